The fourth-order valence-electron chi connectivity index (χ4n) is 3.84. The number of aliphatic hydroxyl groups is 1. The fourth-order valence-corrected chi connectivity index (χ4v) is 3.84. The highest BCUT2D eigenvalue weighted by Gasteiger charge is 2.16. The highest BCUT2D eigenvalue weighted by atomic mass is 16.5. The molecule has 186 valence electrons. The van der Waals surface area contributed by atoms with Gasteiger partial charge in [-0.05, 0) is 24.3 Å². The summed E-state index contributed by atoms with van der Waals surface area (Å²) in [6.07, 6.45) is 1.45. The van der Waals surface area contributed by atoms with Crippen molar-refractivity contribution in [1.29, 1.82) is 0 Å². The minimum atomic E-state index is -1.31. The molecule has 11 nitrogen and oxygen atoms in total. The summed E-state index contributed by atoms with van der Waals surface area (Å²) < 4.78 is 14.3. The van der Waals surface area contributed by atoms with Gasteiger partial charge in [-0.1, -0.05) is 0 Å². The van der Waals surface area contributed by atoms with E-state index in [0.717, 1.165) is 0 Å². The molecule has 4 rings (SSSR count). The number of rotatable bonds is 8. The first-order valence-electron chi connectivity index (χ1n) is 10.7. The zero-order valence-electron chi connectivity index (χ0n) is 19.3. The summed E-state index contributed by atoms with van der Waals surface area (Å²) >= 11 is 0. The van der Waals surface area contributed by atoms with Crippen LogP contribution in [0.3, 0.4) is 0 Å². The van der Waals surface area contributed by atoms with E-state index in [-0.39, 0.29) is 35.1 Å². The number of hydrogen-bond acceptors (Lipinski definition) is 7. The maximum absolute atomic E-state index is 12.4. The zero-order valence-corrected chi connectivity index (χ0v) is 19.3. The molecule has 2 heterocycles. The first-order chi connectivity index (χ1) is 17.1. The minimum absolute atomic E-state index is 0.124. The standard InChI is InChI=1S/C25H22N2O9/c1-26-9-18(24(31)32)22(29)16-5-3-14(7-20(16)26)35-11-13(28)12-36-15-4-6-17-21(8-15)27(2)10-19(23(17)30)25(33)34/h3-10,13,28H,11-12H2,1-2H3,(H,31,32)(H,33,34). The first-order valence-corrected chi connectivity index (χ1v) is 10.7. The van der Waals surface area contributed by atoms with Gasteiger partial charge in [0.1, 0.15) is 41.9 Å². The Balaban J connectivity index is 1.44. The second-order valence-corrected chi connectivity index (χ2v) is 8.21. The van der Waals surface area contributed by atoms with E-state index < -0.39 is 28.9 Å². The van der Waals surface area contributed by atoms with Crippen LogP contribution in [-0.2, 0) is 14.1 Å². The van der Waals surface area contributed by atoms with Gasteiger partial charge in [-0.2, -0.15) is 0 Å². The number of carboxylic acids is 2. The van der Waals surface area contributed by atoms with Gasteiger partial charge in [-0.15, -0.1) is 0 Å². The van der Waals surface area contributed by atoms with Crippen molar-refractivity contribution in [3.05, 3.63) is 80.4 Å². The summed E-state index contributed by atoms with van der Waals surface area (Å²) in [5.74, 6) is -1.87. The Morgan fingerprint density at radius 1 is 0.778 bits per heavy atom. The molecule has 0 fully saturated rings. The largest absolute Gasteiger partial charge is 0.491 e. The summed E-state index contributed by atoms with van der Waals surface area (Å²) in [6, 6.07) is 9.11. The molecule has 2 aromatic carbocycles. The molecule has 3 N–H and O–H groups in total. The van der Waals surface area contributed by atoms with Crippen molar-refractivity contribution in [2.24, 2.45) is 14.1 Å². The van der Waals surface area contributed by atoms with Gasteiger partial charge in [0.15, 0.2) is 0 Å². The molecule has 0 radical (unpaired) electrons. The molecular weight excluding hydrogens is 472 g/mol. The molecule has 11 heteroatoms. The van der Waals surface area contributed by atoms with Crippen LogP contribution in [0.15, 0.2) is 58.4 Å². The van der Waals surface area contributed by atoms with E-state index >= 15 is 0 Å². The number of fused-ring (bicyclic) bond motifs is 2. The maximum atomic E-state index is 12.4. The number of aryl methyl sites for hydroxylation is 2. The van der Waals surface area contributed by atoms with Crippen LogP contribution in [0.25, 0.3) is 21.8 Å². The van der Waals surface area contributed by atoms with Gasteiger partial charge in [0.2, 0.25) is 10.9 Å². The van der Waals surface area contributed by atoms with Gasteiger partial charge in [-0.25, -0.2) is 9.59 Å². The van der Waals surface area contributed by atoms with E-state index in [0.29, 0.717) is 22.5 Å². The number of aromatic carboxylic acids is 2. The van der Waals surface area contributed by atoms with Crippen LogP contribution < -0.4 is 20.3 Å². The Morgan fingerprint density at radius 3 is 1.53 bits per heavy atom. The summed E-state index contributed by atoms with van der Waals surface area (Å²) in [6.45, 7) is -0.249. The van der Waals surface area contributed by atoms with E-state index in [1.807, 2.05) is 0 Å². The molecule has 36 heavy (non-hydrogen) atoms. The Hall–Kier alpha value is -4.64. The van der Waals surface area contributed by atoms with Crippen LogP contribution in [0.5, 0.6) is 11.5 Å². The van der Waals surface area contributed by atoms with Crippen molar-refractivity contribution in [3.63, 3.8) is 0 Å². The quantitative estimate of drug-likeness (QED) is 0.331. The minimum Gasteiger partial charge on any atom is -0.491 e. The highest BCUT2D eigenvalue weighted by Crippen LogP contribution is 2.21. The predicted octanol–water partition coefficient (Wildman–Crippen LogP) is 1.61. The first kappa shape index (κ1) is 24.5. The lowest BCUT2D eigenvalue weighted by molar-refractivity contribution is 0.0627. The average Bonchev–Trinajstić information content (AvgIpc) is 2.85. The Bertz CT molecular complexity index is 1510. The molecule has 2 aromatic heterocycles. The molecule has 0 unspecified atom stereocenters. The summed E-state index contributed by atoms with van der Waals surface area (Å²) in [7, 11) is 3.23. The Labute approximate surface area is 203 Å². The summed E-state index contributed by atoms with van der Waals surface area (Å²) in [5, 5.41) is 29.1. The van der Waals surface area contributed by atoms with Crippen LogP contribution in [0.2, 0.25) is 0 Å². The molecule has 0 amide bonds. The molecule has 0 bridgehead atoms. The maximum Gasteiger partial charge on any atom is 0.341 e. The number of carbonyl (C=O) groups is 2. The molecular formula is C25H22N2O9. The average molecular weight is 494 g/mol. The van der Waals surface area contributed by atoms with Crippen LogP contribution in [0.4, 0.5) is 0 Å². The fraction of sp³-hybridized carbons (Fsp3) is 0.200. The molecule has 0 aliphatic heterocycles. The lowest BCUT2D eigenvalue weighted by atomic mass is 10.1. The molecule has 4 aromatic rings. The number of pyridine rings is 2. The van der Waals surface area contributed by atoms with E-state index in [2.05, 4.69) is 0 Å². The number of aromatic nitrogens is 2. The van der Waals surface area contributed by atoms with Gasteiger partial charge in [0.25, 0.3) is 0 Å². The smallest absolute Gasteiger partial charge is 0.341 e. The number of hydrogen-bond donors (Lipinski definition) is 3. The van der Waals surface area contributed by atoms with Crippen LogP contribution >= 0.6 is 0 Å². The van der Waals surface area contributed by atoms with Crippen molar-refractivity contribution in [1.82, 2.24) is 9.13 Å². The Morgan fingerprint density at radius 2 is 1.17 bits per heavy atom. The van der Waals surface area contributed by atoms with E-state index in [9.17, 15) is 34.5 Å². The number of aliphatic hydroxyl groups excluding tert-OH is 1. The van der Waals surface area contributed by atoms with Gasteiger partial charge in [0.05, 0.1) is 11.0 Å². The Kier molecular flexibility index (Phi) is 6.49. The zero-order chi connectivity index (χ0) is 26.1. The van der Waals surface area contributed by atoms with Crippen LogP contribution in [0.1, 0.15) is 20.7 Å². The molecule has 0 saturated carbocycles. The van der Waals surface area contributed by atoms with Crippen molar-refractivity contribution in [2.75, 3.05) is 13.2 Å². The SMILES string of the molecule is Cn1cc(C(=O)O)c(=O)c2ccc(OCC(O)COc3ccc4c(=O)c(C(=O)O)cn(C)c4c3)cc21. The number of benzene rings is 2. The molecule has 0 saturated heterocycles. The van der Waals surface area contributed by atoms with E-state index in [1.54, 1.807) is 26.2 Å². The van der Waals surface area contributed by atoms with Gasteiger partial charge >= 0.3 is 11.9 Å². The number of carboxylic acid groups (broad SMARTS) is 2. The monoisotopic (exact) mass is 494 g/mol. The van der Waals surface area contributed by atoms with Crippen LogP contribution in [-0.4, -0.2) is 55.7 Å². The van der Waals surface area contributed by atoms with Gasteiger partial charge in [-0.3, -0.25) is 9.59 Å². The predicted molar refractivity (Wildman–Crippen MR) is 129 cm³/mol. The van der Waals surface area contributed by atoms with Crippen LogP contribution in [0, 0.1) is 0 Å². The topological polar surface area (TPSA) is 157 Å². The summed E-state index contributed by atoms with van der Waals surface area (Å²) in [4.78, 5) is 47.2. The third-order valence-corrected chi connectivity index (χ3v) is 5.67. The number of nitrogens with zero attached hydrogens (tertiary/aromatic N) is 2. The molecule has 0 aliphatic rings. The summed E-state index contributed by atoms with van der Waals surface area (Å²) in [5.41, 5.74) is -0.905. The highest BCUT2D eigenvalue weighted by molar-refractivity contribution is 5.93. The van der Waals surface area contributed by atoms with Crippen molar-refractivity contribution < 1.29 is 34.4 Å². The van der Waals surface area contributed by atoms with E-state index in [1.165, 1.54) is 45.8 Å². The van der Waals surface area contributed by atoms with Crippen molar-refractivity contribution in [2.45, 2.75) is 6.10 Å². The van der Waals surface area contributed by atoms with Gasteiger partial charge < -0.3 is 33.9 Å². The van der Waals surface area contributed by atoms with Crippen molar-refractivity contribution in [3.8, 4) is 11.5 Å². The molecule has 0 aliphatic carbocycles. The lowest BCUT2D eigenvalue weighted by Crippen LogP contribution is -2.25. The normalized spacial score (nSPS) is 11.2. The second-order valence-electron chi connectivity index (χ2n) is 8.21. The van der Waals surface area contributed by atoms with E-state index in [4.69, 9.17) is 9.47 Å². The molecule has 0 atom stereocenters. The second kappa shape index (κ2) is 9.55. The third-order valence-electron chi connectivity index (χ3n) is 5.67. The van der Waals surface area contributed by atoms with Crippen molar-refractivity contribution >= 4 is 33.7 Å². The molecule has 0 spiro atoms. The third kappa shape index (κ3) is 4.64. The van der Waals surface area contributed by atoms with Gasteiger partial charge in [0, 0.05) is 49.4 Å². The lowest BCUT2D eigenvalue weighted by Gasteiger charge is -2.15. The number of ether oxygens (including phenoxy) is 2.